The number of carbonyl (C=O) groups excluding carboxylic acids is 1. The number of nitrogens with one attached hydrogen (secondary N) is 1. The normalized spacial score (nSPS) is 26.5. The molecule has 2 atom stereocenters. The highest BCUT2D eigenvalue weighted by atomic mass is 16.2. The van der Waals surface area contributed by atoms with Gasteiger partial charge >= 0.3 is 0 Å². The smallest absolute Gasteiger partial charge is 0.227 e. The van der Waals surface area contributed by atoms with Crippen LogP contribution in [-0.2, 0) is 4.79 Å². The zero-order valence-electron chi connectivity index (χ0n) is 10.9. The highest BCUT2D eigenvalue weighted by Gasteiger charge is 2.29. The summed E-state index contributed by atoms with van der Waals surface area (Å²) in [4.78, 5) is 12.0. The van der Waals surface area contributed by atoms with E-state index >= 15 is 0 Å². The molecule has 0 aliphatic heterocycles. The summed E-state index contributed by atoms with van der Waals surface area (Å²) >= 11 is 0. The summed E-state index contributed by atoms with van der Waals surface area (Å²) in [6.45, 7) is 6.45. The van der Waals surface area contributed by atoms with Crippen molar-refractivity contribution in [2.45, 2.75) is 58.9 Å². The van der Waals surface area contributed by atoms with E-state index in [1.54, 1.807) is 0 Å². The second-order valence-electron chi connectivity index (χ2n) is 5.70. The van der Waals surface area contributed by atoms with E-state index in [4.69, 9.17) is 5.73 Å². The van der Waals surface area contributed by atoms with Crippen molar-refractivity contribution >= 4 is 5.91 Å². The van der Waals surface area contributed by atoms with E-state index < -0.39 is 5.41 Å². The summed E-state index contributed by atoms with van der Waals surface area (Å²) < 4.78 is 0. The summed E-state index contributed by atoms with van der Waals surface area (Å²) in [7, 11) is 0. The molecule has 3 N–H and O–H groups in total. The van der Waals surface area contributed by atoms with Crippen LogP contribution in [0.15, 0.2) is 0 Å². The van der Waals surface area contributed by atoms with Crippen molar-refractivity contribution < 1.29 is 4.79 Å². The lowest BCUT2D eigenvalue weighted by atomic mass is 9.83. The molecule has 0 aromatic carbocycles. The third kappa shape index (κ3) is 3.48. The van der Waals surface area contributed by atoms with Crippen LogP contribution in [-0.4, -0.2) is 18.5 Å². The van der Waals surface area contributed by atoms with Crippen LogP contribution in [0.1, 0.15) is 52.9 Å². The van der Waals surface area contributed by atoms with Crippen molar-refractivity contribution in [3.05, 3.63) is 0 Å². The molecule has 1 fully saturated rings. The molecule has 1 aliphatic rings. The van der Waals surface area contributed by atoms with Crippen LogP contribution in [0.5, 0.6) is 0 Å². The Balaban J connectivity index is 2.45. The van der Waals surface area contributed by atoms with Gasteiger partial charge in [0.1, 0.15) is 0 Å². The van der Waals surface area contributed by atoms with E-state index in [1.807, 2.05) is 13.8 Å². The van der Waals surface area contributed by atoms with E-state index in [9.17, 15) is 4.79 Å². The largest absolute Gasteiger partial charge is 0.353 e. The number of hydrogen-bond acceptors (Lipinski definition) is 2. The average Bonchev–Trinajstić information content (AvgIpc) is 2.29. The van der Waals surface area contributed by atoms with Crippen LogP contribution in [0, 0.1) is 11.3 Å². The first-order valence-electron chi connectivity index (χ1n) is 6.50. The first-order chi connectivity index (χ1) is 7.49. The van der Waals surface area contributed by atoms with Gasteiger partial charge in [0, 0.05) is 12.6 Å². The van der Waals surface area contributed by atoms with E-state index in [-0.39, 0.29) is 5.91 Å². The second kappa shape index (κ2) is 5.67. The fraction of sp³-hybridized carbons (Fsp3) is 0.923. The van der Waals surface area contributed by atoms with Crippen LogP contribution in [0.25, 0.3) is 0 Å². The third-order valence-electron chi connectivity index (χ3n) is 3.82. The van der Waals surface area contributed by atoms with Crippen LogP contribution >= 0.6 is 0 Å². The Kier molecular flexibility index (Phi) is 4.78. The molecule has 0 radical (unpaired) electrons. The highest BCUT2D eigenvalue weighted by Crippen LogP contribution is 2.27. The first kappa shape index (κ1) is 13.5. The monoisotopic (exact) mass is 226 g/mol. The molecule has 2 unspecified atom stereocenters. The number of carbonyl (C=O) groups is 1. The lowest BCUT2D eigenvalue weighted by Crippen LogP contribution is -2.47. The standard InChI is InChI=1S/C13H26N2O/c1-4-10-6-5-7-11(8-10)15-12(16)13(2,3)9-14/h10-11H,4-9,14H2,1-3H3,(H,15,16). The van der Waals surface area contributed by atoms with Crippen molar-refractivity contribution in [2.24, 2.45) is 17.1 Å². The molecule has 1 rings (SSSR count). The van der Waals surface area contributed by atoms with Gasteiger partial charge in [-0.25, -0.2) is 0 Å². The number of amides is 1. The molecule has 0 aromatic heterocycles. The first-order valence-corrected chi connectivity index (χ1v) is 6.50. The maximum Gasteiger partial charge on any atom is 0.227 e. The Hall–Kier alpha value is -0.570. The van der Waals surface area contributed by atoms with Crippen molar-refractivity contribution in [1.82, 2.24) is 5.32 Å². The average molecular weight is 226 g/mol. The summed E-state index contributed by atoms with van der Waals surface area (Å²) in [5, 5.41) is 3.16. The molecule has 0 aromatic rings. The van der Waals surface area contributed by atoms with Crippen molar-refractivity contribution in [1.29, 1.82) is 0 Å². The summed E-state index contributed by atoms with van der Waals surface area (Å²) in [6.07, 6.45) is 6.06. The molecule has 1 saturated carbocycles. The molecule has 3 heteroatoms. The van der Waals surface area contributed by atoms with Gasteiger partial charge in [0.05, 0.1) is 5.41 Å². The van der Waals surface area contributed by atoms with Gasteiger partial charge < -0.3 is 11.1 Å². The molecule has 0 bridgehead atoms. The fourth-order valence-corrected chi connectivity index (χ4v) is 2.27. The van der Waals surface area contributed by atoms with Crippen LogP contribution < -0.4 is 11.1 Å². The van der Waals surface area contributed by atoms with Crippen molar-refractivity contribution in [3.8, 4) is 0 Å². The summed E-state index contributed by atoms with van der Waals surface area (Å²) in [6, 6.07) is 0.372. The van der Waals surface area contributed by atoms with Gasteiger partial charge in [-0.15, -0.1) is 0 Å². The maximum atomic E-state index is 12.0. The minimum Gasteiger partial charge on any atom is -0.353 e. The SMILES string of the molecule is CCC1CCCC(NC(=O)C(C)(C)CN)C1. The van der Waals surface area contributed by atoms with Gasteiger partial charge in [-0.2, -0.15) is 0 Å². The molecule has 0 saturated heterocycles. The zero-order chi connectivity index (χ0) is 12.2. The number of hydrogen-bond donors (Lipinski definition) is 2. The predicted molar refractivity (Wildman–Crippen MR) is 67.0 cm³/mol. The zero-order valence-corrected chi connectivity index (χ0v) is 10.9. The second-order valence-corrected chi connectivity index (χ2v) is 5.70. The lowest BCUT2D eigenvalue weighted by Gasteiger charge is -2.32. The molecule has 1 amide bonds. The van der Waals surface area contributed by atoms with E-state index in [0.29, 0.717) is 12.6 Å². The van der Waals surface area contributed by atoms with Gasteiger partial charge in [0.25, 0.3) is 0 Å². The Labute approximate surface area is 99.2 Å². The Bertz CT molecular complexity index is 238. The third-order valence-corrected chi connectivity index (χ3v) is 3.82. The Morgan fingerprint density at radius 2 is 2.12 bits per heavy atom. The lowest BCUT2D eigenvalue weighted by molar-refractivity contribution is -0.129. The number of nitrogens with two attached hydrogens (primary N) is 1. The van der Waals surface area contributed by atoms with E-state index in [2.05, 4.69) is 12.2 Å². The topological polar surface area (TPSA) is 55.1 Å². The van der Waals surface area contributed by atoms with Crippen LogP contribution in [0.4, 0.5) is 0 Å². The van der Waals surface area contributed by atoms with Crippen molar-refractivity contribution in [3.63, 3.8) is 0 Å². The molecular weight excluding hydrogens is 200 g/mol. The number of rotatable bonds is 4. The minimum absolute atomic E-state index is 0.108. The Morgan fingerprint density at radius 1 is 1.44 bits per heavy atom. The molecule has 3 nitrogen and oxygen atoms in total. The quantitative estimate of drug-likeness (QED) is 0.771. The molecule has 94 valence electrons. The minimum atomic E-state index is -0.431. The Morgan fingerprint density at radius 3 is 2.69 bits per heavy atom. The van der Waals surface area contributed by atoms with E-state index in [0.717, 1.165) is 18.8 Å². The predicted octanol–water partition coefficient (Wildman–Crippen LogP) is 2.06. The summed E-state index contributed by atoms with van der Waals surface area (Å²) in [5.74, 6) is 0.900. The molecule has 16 heavy (non-hydrogen) atoms. The van der Waals surface area contributed by atoms with Gasteiger partial charge in [0.15, 0.2) is 0 Å². The van der Waals surface area contributed by atoms with Gasteiger partial charge in [-0.05, 0) is 32.6 Å². The maximum absolute atomic E-state index is 12.0. The fourth-order valence-electron chi connectivity index (χ4n) is 2.27. The van der Waals surface area contributed by atoms with E-state index in [1.165, 1.54) is 19.3 Å². The molecular formula is C13H26N2O. The van der Waals surface area contributed by atoms with Gasteiger partial charge in [-0.1, -0.05) is 26.2 Å². The van der Waals surface area contributed by atoms with Gasteiger partial charge in [-0.3, -0.25) is 4.79 Å². The van der Waals surface area contributed by atoms with Gasteiger partial charge in [0.2, 0.25) is 5.91 Å². The van der Waals surface area contributed by atoms with Crippen LogP contribution in [0.2, 0.25) is 0 Å². The molecule has 0 heterocycles. The summed E-state index contributed by atoms with van der Waals surface area (Å²) in [5.41, 5.74) is 5.17. The highest BCUT2D eigenvalue weighted by molar-refractivity contribution is 5.82. The van der Waals surface area contributed by atoms with Crippen LogP contribution in [0.3, 0.4) is 0 Å². The van der Waals surface area contributed by atoms with Crippen molar-refractivity contribution in [2.75, 3.05) is 6.54 Å². The molecule has 0 spiro atoms. The molecule has 1 aliphatic carbocycles.